The van der Waals surface area contributed by atoms with Crippen LogP contribution in [0.25, 0.3) is 10.9 Å². The van der Waals surface area contributed by atoms with Crippen molar-refractivity contribution in [1.82, 2.24) is 9.88 Å². The summed E-state index contributed by atoms with van der Waals surface area (Å²) in [6, 6.07) is 14.8. The van der Waals surface area contributed by atoms with E-state index in [-0.39, 0.29) is 12.0 Å². The predicted octanol–water partition coefficient (Wildman–Crippen LogP) is 4.71. The molecule has 2 aliphatic heterocycles. The second kappa shape index (κ2) is 11.9. The van der Waals surface area contributed by atoms with Crippen molar-refractivity contribution in [2.45, 2.75) is 57.6 Å². The average Bonchev–Trinajstić information content (AvgIpc) is 3.66. The third-order valence-electron chi connectivity index (χ3n) is 8.36. The number of methoxy groups -OCH3 is 1. The Balaban J connectivity index is 1.31. The van der Waals surface area contributed by atoms with Gasteiger partial charge in [0.25, 0.3) is 0 Å². The third kappa shape index (κ3) is 5.89. The Hall–Kier alpha value is -3.16. The van der Waals surface area contributed by atoms with E-state index in [1.54, 1.807) is 7.11 Å². The number of pyridine rings is 1. The summed E-state index contributed by atoms with van der Waals surface area (Å²) in [5.74, 6) is 1.95. The van der Waals surface area contributed by atoms with Gasteiger partial charge in [0, 0.05) is 50.2 Å². The highest BCUT2D eigenvalue weighted by molar-refractivity contribution is 5.84. The molecule has 0 radical (unpaired) electrons. The van der Waals surface area contributed by atoms with Crippen LogP contribution in [-0.4, -0.2) is 68.5 Å². The number of carbonyl (C=O) groups is 1. The van der Waals surface area contributed by atoms with Crippen molar-refractivity contribution in [2.75, 3.05) is 51.5 Å². The molecule has 206 valence electrons. The number of benzene rings is 2. The Labute approximate surface area is 231 Å². The Morgan fingerprint density at radius 3 is 2.67 bits per heavy atom. The van der Waals surface area contributed by atoms with Gasteiger partial charge >= 0.3 is 0 Å². The number of rotatable bonds is 9. The summed E-state index contributed by atoms with van der Waals surface area (Å²) in [5, 5.41) is 1.17. The molecule has 2 aromatic carbocycles. The summed E-state index contributed by atoms with van der Waals surface area (Å²) in [7, 11) is 1.68. The van der Waals surface area contributed by atoms with Crippen LogP contribution in [-0.2, 0) is 40.1 Å². The van der Waals surface area contributed by atoms with Gasteiger partial charge in [0.05, 0.1) is 31.9 Å². The fourth-order valence-corrected chi connectivity index (χ4v) is 6.25. The molecule has 3 aromatic rings. The molecule has 7 nitrogen and oxygen atoms in total. The van der Waals surface area contributed by atoms with E-state index in [2.05, 4.69) is 23.1 Å². The van der Waals surface area contributed by atoms with Gasteiger partial charge in [-0.15, -0.1) is 0 Å². The smallest absolute Gasteiger partial charge is 0.223 e. The van der Waals surface area contributed by atoms with Gasteiger partial charge in [0.1, 0.15) is 11.6 Å². The van der Waals surface area contributed by atoms with E-state index in [0.29, 0.717) is 39.1 Å². The van der Waals surface area contributed by atoms with Gasteiger partial charge in [-0.25, -0.2) is 4.98 Å². The monoisotopic (exact) mass is 529 g/mol. The minimum atomic E-state index is 0.0868. The zero-order valence-corrected chi connectivity index (χ0v) is 23.0. The van der Waals surface area contributed by atoms with Crippen LogP contribution in [0, 0.1) is 0 Å². The molecule has 1 unspecified atom stereocenters. The third-order valence-corrected chi connectivity index (χ3v) is 8.36. The van der Waals surface area contributed by atoms with Gasteiger partial charge in [0.15, 0.2) is 0 Å². The summed E-state index contributed by atoms with van der Waals surface area (Å²) < 4.78 is 17.2. The van der Waals surface area contributed by atoms with Crippen LogP contribution in [0.1, 0.15) is 47.9 Å². The molecule has 0 N–H and O–H groups in total. The highest BCUT2D eigenvalue weighted by Crippen LogP contribution is 2.32. The summed E-state index contributed by atoms with van der Waals surface area (Å²) in [6.07, 6.45) is 6.69. The van der Waals surface area contributed by atoms with Crippen LogP contribution in [0.3, 0.4) is 0 Å². The van der Waals surface area contributed by atoms with Crippen LogP contribution in [0.4, 0.5) is 5.82 Å². The number of morpholine rings is 1. The Bertz CT molecular complexity index is 1310. The van der Waals surface area contributed by atoms with E-state index in [1.807, 2.05) is 29.2 Å². The standard InChI is InChI=1S/C32H39N3O4/c1-37-30-10-3-2-6-23(30)11-12-31(36)35(22-28-9-5-15-39-28)21-27-19-26-18-24-7-4-8-25(24)20-29(26)33-32(27)34-13-16-38-17-14-34/h2-3,6,10,18-20,28H,4-5,7-9,11-17,21-22H2,1H3. The number of hydrogen-bond donors (Lipinski definition) is 0. The molecular formula is C32H39N3O4. The minimum absolute atomic E-state index is 0.0868. The van der Waals surface area contributed by atoms with Crippen molar-refractivity contribution in [2.24, 2.45) is 0 Å². The number of para-hydroxylation sites is 1. The molecule has 0 spiro atoms. The van der Waals surface area contributed by atoms with E-state index in [0.717, 1.165) is 73.6 Å². The molecular weight excluding hydrogens is 490 g/mol. The molecule has 3 aliphatic rings. The molecule has 1 aromatic heterocycles. The van der Waals surface area contributed by atoms with Gasteiger partial charge in [-0.3, -0.25) is 4.79 Å². The maximum Gasteiger partial charge on any atom is 0.223 e. The SMILES string of the molecule is COc1ccccc1CCC(=O)N(Cc1cc2cc3c(cc2nc1N1CCOCC1)CCC3)CC1CCCO1. The maximum atomic E-state index is 13.8. The maximum absolute atomic E-state index is 13.8. The summed E-state index contributed by atoms with van der Waals surface area (Å²) in [4.78, 5) is 23.3. The number of aromatic nitrogens is 1. The largest absolute Gasteiger partial charge is 0.496 e. The van der Waals surface area contributed by atoms with E-state index in [4.69, 9.17) is 19.2 Å². The van der Waals surface area contributed by atoms with Gasteiger partial charge < -0.3 is 24.0 Å². The molecule has 39 heavy (non-hydrogen) atoms. The molecule has 2 saturated heterocycles. The molecule has 0 saturated carbocycles. The van der Waals surface area contributed by atoms with E-state index in [9.17, 15) is 4.79 Å². The number of aryl methyl sites for hydroxylation is 3. The summed E-state index contributed by atoms with van der Waals surface area (Å²) in [5.41, 5.74) is 6.08. The number of nitrogens with zero attached hydrogens (tertiary/aromatic N) is 3. The first-order valence-corrected chi connectivity index (χ1v) is 14.5. The van der Waals surface area contributed by atoms with Crippen molar-refractivity contribution in [3.8, 4) is 5.75 Å². The lowest BCUT2D eigenvalue weighted by atomic mass is 10.0. The summed E-state index contributed by atoms with van der Waals surface area (Å²) >= 11 is 0. The lowest BCUT2D eigenvalue weighted by Gasteiger charge is -2.32. The van der Waals surface area contributed by atoms with Crippen LogP contribution in [0.5, 0.6) is 5.75 Å². The van der Waals surface area contributed by atoms with E-state index in [1.165, 1.54) is 22.9 Å². The van der Waals surface area contributed by atoms with Crippen LogP contribution >= 0.6 is 0 Å². The Morgan fingerprint density at radius 2 is 1.87 bits per heavy atom. The predicted molar refractivity (Wildman–Crippen MR) is 153 cm³/mol. The first-order chi connectivity index (χ1) is 19.2. The zero-order chi connectivity index (χ0) is 26.6. The lowest BCUT2D eigenvalue weighted by molar-refractivity contribution is -0.133. The molecule has 1 atom stereocenters. The molecule has 1 aliphatic carbocycles. The number of fused-ring (bicyclic) bond motifs is 2. The zero-order valence-electron chi connectivity index (χ0n) is 23.0. The van der Waals surface area contributed by atoms with Crippen molar-refractivity contribution < 1.29 is 19.0 Å². The van der Waals surface area contributed by atoms with Gasteiger partial charge in [-0.2, -0.15) is 0 Å². The Morgan fingerprint density at radius 1 is 1.05 bits per heavy atom. The molecule has 2 fully saturated rings. The van der Waals surface area contributed by atoms with Crippen molar-refractivity contribution in [3.63, 3.8) is 0 Å². The number of anilines is 1. The molecule has 7 heteroatoms. The number of hydrogen-bond acceptors (Lipinski definition) is 6. The second-order valence-electron chi connectivity index (χ2n) is 11.0. The minimum Gasteiger partial charge on any atom is -0.496 e. The molecule has 3 heterocycles. The lowest BCUT2D eigenvalue weighted by Crippen LogP contribution is -2.40. The van der Waals surface area contributed by atoms with Crippen molar-refractivity contribution >= 4 is 22.6 Å². The van der Waals surface area contributed by atoms with Gasteiger partial charge in [0.2, 0.25) is 5.91 Å². The number of amides is 1. The highest BCUT2D eigenvalue weighted by Gasteiger charge is 2.26. The topological polar surface area (TPSA) is 64.1 Å². The molecule has 1 amide bonds. The second-order valence-corrected chi connectivity index (χ2v) is 11.0. The fourth-order valence-electron chi connectivity index (χ4n) is 6.25. The fraction of sp³-hybridized carbons (Fsp3) is 0.500. The molecule has 6 rings (SSSR count). The van der Waals surface area contributed by atoms with Gasteiger partial charge in [-0.05, 0) is 79.5 Å². The quantitative estimate of drug-likeness (QED) is 0.400. The van der Waals surface area contributed by atoms with E-state index < -0.39 is 0 Å². The first kappa shape index (κ1) is 26.1. The van der Waals surface area contributed by atoms with Crippen LogP contribution in [0.15, 0.2) is 42.5 Å². The normalized spacial score (nSPS) is 18.9. The van der Waals surface area contributed by atoms with Crippen molar-refractivity contribution in [3.05, 3.63) is 64.7 Å². The van der Waals surface area contributed by atoms with E-state index >= 15 is 0 Å². The van der Waals surface area contributed by atoms with Gasteiger partial charge in [-0.1, -0.05) is 18.2 Å². The first-order valence-electron chi connectivity index (χ1n) is 14.5. The Kier molecular flexibility index (Phi) is 7.98. The van der Waals surface area contributed by atoms with Crippen LogP contribution in [0.2, 0.25) is 0 Å². The number of carbonyl (C=O) groups excluding carboxylic acids is 1. The number of ether oxygens (including phenoxy) is 3. The summed E-state index contributed by atoms with van der Waals surface area (Å²) in [6.45, 7) is 4.91. The average molecular weight is 530 g/mol. The van der Waals surface area contributed by atoms with Crippen molar-refractivity contribution in [1.29, 1.82) is 0 Å². The van der Waals surface area contributed by atoms with Crippen LogP contribution < -0.4 is 9.64 Å². The molecule has 0 bridgehead atoms. The highest BCUT2D eigenvalue weighted by atomic mass is 16.5.